The molecule has 25 heavy (non-hydrogen) atoms. The Kier molecular flexibility index (Phi) is 6.65. The smallest absolute Gasteiger partial charge is 0.251 e. The lowest BCUT2D eigenvalue weighted by atomic mass is 10.0. The van der Waals surface area contributed by atoms with Crippen molar-refractivity contribution in [2.75, 3.05) is 13.6 Å². The summed E-state index contributed by atoms with van der Waals surface area (Å²) < 4.78 is 0. The highest BCUT2D eigenvalue weighted by atomic mass is 16.2. The minimum absolute atomic E-state index is 0.147. The molecule has 5 heteroatoms. The van der Waals surface area contributed by atoms with E-state index in [2.05, 4.69) is 10.6 Å². The molecule has 5 nitrogen and oxygen atoms in total. The zero-order valence-corrected chi connectivity index (χ0v) is 14.0. The van der Waals surface area contributed by atoms with E-state index in [1.807, 2.05) is 18.2 Å². The first-order valence-corrected chi connectivity index (χ1v) is 7.96. The number of hydrogen-bond acceptors (Lipinski definition) is 3. The Bertz CT molecular complexity index is 797. The van der Waals surface area contributed by atoms with E-state index in [-0.39, 0.29) is 11.8 Å². The molecule has 0 fully saturated rings. The third kappa shape index (κ3) is 4.88. The maximum atomic E-state index is 12.4. The summed E-state index contributed by atoms with van der Waals surface area (Å²) in [6.07, 6.45) is 4.17. The van der Waals surface area contributed by atoms with Crippen LogP contribution in [0.2, 0.25) is 0 Å². The summed E-state index contributed by atoms with van der Waals surface area (Å²) in [5, 5.41) is 5.47. The minimum atomic E-state index is -0.219. The number of rotatable bonds is 7. The molecule has 0 aliphatic carbocycles. The number of hydrogen-bond donors (Lipinski definition) is 2. The van der Waals surface area contributed by atoms with Crippen molar-refractivity contribution in [3.8, 4) is 0 Å². The maximum absolute atomic E-state index is 12.4. The lowest BCUT2D eigenvalue weighted by Crippen LogP contribution is -2.27. The fourth-order valence-corrected chi connectivity index (χ4v) is 2.49. The summed E-state index contributed by atoms with van der Waals surface area (Å²) in [5.41, 5.74) is 2.66. The van der Waals surface area contributed by atoms with E-state index in [0.29, 0.717) is 35.9 Å². The third-order valence-electron chi connectivity index (χ3n) is 3.73. The van der Waals surface area contributed by atoms with Gasteiger partial charge in [0.1, 0.15) is 6.29 Å². The highest BCUT2D eigenvalue weighted by Crippen LogP contribution is 2.12. The van der Waals surface area contributed by atoms with Crippen LogP contribution < -0.4 is 10.6 Å². The predicted molar refractivity (Wildman–Crippen MR) is 97.4 cm³/mol. The van der Waals surface area contributed by atoms with E-state index in [1.165, 1.54) is 6.08 Å². The molecule has 2 amide bonds. The van der Waals surface area contributed by atoms with Crippen LogP contribution in [0.15, 0.2) is 54.6 Å². The number of benzene rings is 2. The lowest BCUT2D eigenvalue weighted by molar-refractivity contribution is -0.104. The molecule has 0 aromatic heterocycles. The van der Waals surface area contributed by atoms with Gasteiger partial charge in [0.05, 0.1) is 0 Å². The summed E-state index contributed by atoms with van der Waals surface area (Å²) in [4.78, 5) is 34.7. The van der Waals surface area contributed by atoms with E-state index in [1.54, 1.807) is 43.5 Å². The molecule has 2 aromatic carbocycles. The topological polar surface area (TPSA) is 75.3 Å². The van der Waals surface area contributed by atoms with Gasteiger partial charge in [-0.2, -0.15) is 0 Å². The molecule has 0 spiro atoms. The van der Waals surface area contributed by atoms with E-state index >= 15 is 0 Å². The number of carbonyl (C=O) groups excluding carboxylic acids is 3. The molecule has 0 aliphatic rings. The molecule has 0 heterocycles. The largest absolute Gasteiger partial charge is 0.355 e. The third-order valence-corrected chi connectivity index (χ3v) is 3.73. The normalized spacial score (nSPS) is 10.4. The molecule has 0 atom stereocenters. The van der Waals surface area contributed by atoms with Crippen molar-refractivity contribution in [1.29, 1.82) is 0 Å². The fourth-order valence-electron chi connectivity index (χ4n) is 2.49. The first kappa shape index (κ1) is 18.1. The van der Waals surface area contributed by atoms with E-state index in [9.17, 15) is 14.4 Å². The van der Waals surface area contributed by atoms with Crippen LogP contribution in [0.25, 0.3) is 6.08 Å². The van der Waals surface area contributed by atoms with E-state index < -0.39 is 0 Å². The highest BCUT2D eigenvalue weighted by molar-refractivity contribution is 5.98. The Morgan fingerprint density at radius 3 is 2.36 bits per heavy atom. The van der Waals surface area contributed by atoms with Crippen molar-refractivity contribution in [1.82, 2.24) is 10.6 Å². The van der Waals surface area contributed by atoms with Crippen molar-refractivity contribution in [3.63, 3.8) is 0 Å². The van der Waals surface area contributed by atoms with Crippen molar-refractivity contribution in [2.45, 2.75) is 6.42 Å². The van der Waals surface area contributed by atoms with Gasteiger partial charge >= 0.3 is 0 Å². The van der Waals surface area contributed by atoms with Crippen molar-refractivity contribution < 1.29 is 14.4 Å². The zero-order valence-electron chi connectivity index (χ0n) is 14.0. The van der Waals surface area contributed by atoms with Crippen LogP contribution in [-0.4, -0.2) is 31.7 Å². The molecule has 128 valence electrons. The predicted octanol–water partition coefficient (Wildman–Crippen LogP) is 2.23. The quantitative estimate of drug-likeness (QED) is 0.601. The second kappa shape index (κ2) is 9.17. The van der Waals surface area contributed by atoms with Gasteiger partial charge in [0.2, 0.25) is 0 Å². The molecular weight excluding hydrogens is 316 g/mol. The van der Waals surface area contributed by atoms with Gasteiger partial charge in [0.25, 0.3) is 11.8 Å². The van der Waals surface area contributed by atoms with Crippen LogP contribution in [0.5, 0.6) is 0 Å². The fraction of sp³-hybridized carbons (Fsp3) is 0.150. The second-order valence-electron chi connectivity index (χ2n) is 5.32. The van der Waals surface area contributed by atoms with Crippen molar-refractivity contribution in [2.24, 2.45) is 0 Å². The Morgan fingerprint density at radius 1 is 0.960 bits per heavy atom. The number of nitrogens with one attached hydrogen (secondary N) is 2. The number of aldehydes is 1. The average Bonchev–Trinajstić information content (AvgIpc) is 2.66. The van der Waals surface area contributed by atoms with Gasteiger partial charge in [-0.25, -0.2) is 0 Å². The molecule has 0 aliphatic heterocycles. The minimum Gasteiger partial charge on any atom is -0.355 e. The van der Waals surface area contributed by atoms with Gasteiger partial charge in [-0.3, -0.25) is 14.4 Å². The maximum Gasteiger partial charge on any atom is 0.251 e. The molecule has 2 N–H and O–H groups in total. The molecule has 2 aromatic rings. The number of carbonyl (C=O) groups is 3. The van der Waals surface area contributed by atoms with Gasteiger partial charge in [0, 0.05) is 24.7 Å². The molecule has 0 radical (unpaired) electrons. The van der Waals surface area contributed by atoms with Crippen LogP contribution in [0.3, 0.4) is 0 Å². The SMILES string of the molecule is CNC(=O)c1ccccc1CCNC(=O)c1ccccc1/C=C/C=O. The highest BCUT2D eigenvalue weighted by Gasteiger charge is 2.11. The molecule has 2 rings (SSSR count). The average molecular weight is 336 g/mol. The molecule has 0 saturated carbocycles. The summed E-state index contributed by atoms with van der Waals surface area (Å²) >= 11 is 0. The van der Waals surface area contributed by atoms with Gasteiger partial charge in [-0.05, 0) is 35.8 Å². The monoisotopic (exact) mass is 336 g/mol. The van der Waals surface area contributed by atoms with Gasteiger partial charge in [-0.1, -0.05) is 42.5 Å². The van der Waals surface area contributed by atoms with Gasteiger partial charge in [0.15, 0.2) is 0 Å². The summed E-state index contributed by atoms with van der Waals surface area (Å²) in [6.45, 7) is 0.401. The summed E-state index contributed by atoms with van der Waals surface area (Å²) in [5.74, 6) is -0.366. The Balaban J connectivity index is 2.04. The molecular formula is C20H20N2O3. The van der Waals surface area contributed by atoms with Crippen LogP contribution in [0.4, 0.5) is 0 Å². The Labute approximate surface area is 146 Å². The van der Waals surface area contributed by atoms with Crippen LogP contribution in [0, 0.1) is 0 Å². The Morgan fingerprint density at radius 2 is 1.64 bits per heavy atom. The second-order valence-corrected chi connectivity index (χ2v) is 5.32. The summed E-state index contributed by atoms with van der Waals surface area (Å²) in [7, 11) is 1.59. The van der Waals surface area contributed by atoms with E-state index in [4.69, 9.17) is 0 Å². The molecule has 0 saturated heterocycles. The van der Waals surface area contributed by atoms with E-state index in [0.717, 1.165) is 5.56 Å². The number of amides is 2. The first-order chi connectivity index (χ1) is 12.2. The standard InChI is InChI=1S/C20H20N2O3/c1-21-19(24)17-10-4-3-8-16(17)12-13-22-20(25)18-11-5-2-7-15(18)9-6-14-23/h2-11,14H,12-13H2,1H3,(H,21,24)(H,22,25)/b9-6+. The molecule has 0 bridgehead atoms. The van der Waals surface area contributed by atoms with Crippen LogP contribution in [-0.2, 0) is 11.2 Å². The van der Waals surface area contributed by atoms with Gasteiger partial charge in [-0.15, -0.1) is 0 Å². The number of allylic oxidation sites excluding steroid dienone is 1. The van der Waals surface area contributed by atoms with Gasteiger partial charge < -0.3 is 10.6 Å². The van der Waals surface area contributed by atoms with Crippen molar-refractivity contribution in [3.05, 3.63) is 76.9 Å². The summed E-state index contributed by atoms with van der Waals surface area (Å²) in [6, 6.07) is 14.4. The first-order valence-electron chi connectivity index (χ1n) is 7.96. The molecule has 0 unspecified atom stereocenters. The lowest BCUT2D eigenvalue weighted by Gasteiger charge is -2.10. The van der Waals surface area contributed by atoms with Crippen molar-refractivity contribution >= 4 is 24.2 Å². The van der Waals surface area contributed by atoms with Crippen LogP contribution in [0.1, 0.15) is 31.8 Å². The van der Waals surface area contributed by atoms with Crippen LogP contribution >= 0.6 is 0 Å². The zero-order chi connectivity index (χ0) is 18.1. The Hall–Kier alpha value is -3.21.